The van der Waals surface area contributed by atoms with Crippen LogP contribution >= 0.6 is 0 Å². The fraction of sp³-hybridized carbons (Fsp3) is 0.500. The number of hydrogen-bond acceptors (Lipinski definition) is 4. The van der Waals surface area contributed by atoms with Gasteiger partial charge in [0.05, 0.1) is 18.4 Å². The Balaban J connectivity index is 2.24. The number of nitrogens with two attached hydrogens (primary N) is 1. The summed E-state index contributed by atoms with van der Waals surface area (Å²) in [7, 11) is 1.41. The zero-order chi connectivity index (χ0) is 13.0. The summed E-state index contributed by atoms with van der Waals surface area (Å²) >= 11 is 0. The van der Waals surface area contributed by atoms with Crippen molar-refractivity contribution in [1.82, 2.24) is 0 Å². The standard InChI is InChI=1S/C14H20N2O2/c1-18-14(17)12-6-2-3-7-13(12)16-9-4-5-11(15)8-10-16/h2-3,6-7,11H,4-5,8-10,15H2,1H3. The predicted molar refractivity (Wildman–Crippen MR) is 71.8 cm³/mol. The Morgan fingerprint density at radius 3 is 2.89 bits per heavy atom. The maximum atomic E-state index is 11.8. The van der Waals surface area contributed by atoms with Gasteiger partial charge in [-0.3, -0.25) is 0 Å². The largest absolute Gasteiger partial charge is 0.465 e. The zero-order valence-electron chi connectivity index (χ0n) is 10.8. The number of ether oxygens (including phenoxy) is 1. The lowest BCUT2D eigenvalue weighted by Crippen LogP contribution is -2.27. The molecule has 0 amide bonds. The maximum Gasteiger partial charge on any atom is 0.339 e. The second-order valence-electron chi connectivity index (χ2n) is 4.69. The number of nitrogens with zero attached hydrogens (tertiary/aromatic N) is 1. The highest BCUT2D eigenvalue weighted by molar-refractivity contribution is 5.95. The predicted octanol–water partition coefficient (Wildman–Crippen LogP) is 1.79. The van der Waals surface area contributed by atoms with Crippen molar-refractivity contribution < 1.29 is 9.53 Å². The molecule has 1 aliphatic rings. The highest BCUT2D eigenvalue weighted by Gasteiger charge is 2.19. The van der Waals surface area contributed by atoms with Gasteiger partial charge in [-0.15, -0.1) is 0 Å². The number of carbonyl (C=O) groups is 1. The highest BCUT2D eigenvalue weighted by Crippen LogP contribution is 2.24. The molecule has 1 aromatic rings. The van der Waals surface area contributed by atoms with Crippen molar-refractivity contribution in [3.8, 4) is 0 Å². The summed E-state index contributed by atoms with van der Waals surface area (Å²) < 4.78 is 4.83. The average Bonchev–Trinajstić information content (AvgIpc) is 2.62. The van der Waals surface area contributed by atoms with Crippen LogP contribution in [0.1, 0.15) is 29.6 Å². The summed E-state index contributed by atoms with van der Waals surface area (Å²) in [4.78, 5) is 14.0. The van der Waals surface area contributed by atoms with E-state index in [1.807, 2.05) is 24.3 Å². The molecule has 0 spiro atoms. The van der Waals surface area contributed by atoms with E-state index in [1.165, 1.54) is 7.11 Å². The quantitative estimate of drug-likeness (QED) is 0.811. The molecule has 0 aliphatic carbocycles. The summed E-state index contributed by atoms with van der Waals surface area (Å²) in [6, 6.07) is 7.88. The Labute approximate surface area is 108 Å². The van der Waals surface area contributed by atoms with Crippen LogP contribution in [-0.4, -0.2) is 32.2 Å². The summed E-state index contributed by atoms with van der Waals surface area (Å²) in [5, 5.41) is 0. The second-order valence-corrected chi connectivity index (χ2v) is 4.69. The monoisotopic (exact) mass is 248 g/mol. The number of methoxy groups -OCH3 is 1. The summed E-state index contributed by atoms with van der Waals surface area (Å²) in [6.07, 6.45) is 3.09. The molecule has 1 aromatic carbocycles. The molecular formula is C14H20N2O2. The number of carbonyl (C=O) groups excluding carboxylic acids is 1. The molecular weight excluding hydrogens is 228 g/mol. The molecule has 2 rings (SSSR count). The molecule has 98 valence electrons. The second kappa shape index (κ2) is 5.87. The molecule has 1 fully saturated rings. The number of hydrogen-bond donors (Lipinski definition) is 1. The van der Waals surface area contributed by atoms with Gasteiger partial charge in [0.2, 0.25) is 0 Å². The van der Waals surface area contributed by atoms with Gasteiger partial charge in [-0.1, -0.05) is 12.1 Å². The van der Waals surface area contributed by atoms with Crippen LogP contribution in [0.4, 0.5) is 5.69 Å². The first-order valence-electron chi connectivity index (χ1n) is 6.40. The number of esters is 1. The van der Waals surface area contributed by atoms with E-state index >= 15 is 0 Å². The third-order valence-corrected chi connectivity index (χ3v) is 3.42. The van der Waals surface area contributed by atoms with Crippen LogP contribution in [0.3, 0.4) is 0 Å². The Morgan fingerprint density at radius 2 is 2.11 bits per heavy atom. The topological polar surface area (TPSA) is 55.6 Å². The maximum absolute atomic E-state index is 11.8. The smallest absolute Gasteiger partial charge is 0.339 e. The van der Waals surface area contributed by atoms with E-state index < -0.39 is 0 Å². The lowest BCUT2D eigenvalue weighted by atomic mass is 10.1. The molecule has 1 unspecified atom stereocenters. The molecule has 1 atom stereocenters. The van der Waals surface area contributed by atoms with Crippen LogP contribution in [0.15, 0.2) is 24.3 Å². The Morgan fingerprint density at radius 1 is 1.33 bits per heavy atom. The summed E-state index contributed by atoms with van der Waals surface area (Å²) in [5.74, 6) is -0.279. The summed E-state index contributed by atoms with van der Waals surface area (Å²) in [6.45, 7) is 1.84. The Bertz CT molecular complexity index is 420. The van der Waals surface area contributed by atoms with Crippen molar-refractivity contribution in [1.29, 1.82) is 0 Å². The van der Waals surface area contributed by atoms with Gasteiger partial charge in [-0.05, 0) is 31.4 Å². The summed E-state index contributed by atoms with van der Waals surface area (Å²) in [5.41, 5.74) is 7.57. The van der Waals surface area contributed by atoms with Gasteiger partial charge in [0.15, 0.2) is 0 Å². The average molecular weight is 248 g/mol. The van der Waals surface area contributed by atoms with Crippen molar-refractivity contribution in [2.24, 2.45) is 5.73 Å². The zero-order valence-corrected chi connectivity index (χ0v) is 10.8. The minimum atomic E-state index is -0.279. The van der Waals surface area contributed by atoms with Crippen molar-refractivity contribution in [2.75, 3.05) is 25.1 Å². The van der Waals surface area contributed by atoms with Crippen LogP contribution in [0, 0.1) is 0 Å². The van der Waals surface area contributed by atoms with Crippen LogP contribution in [0.5, 0.6) is 0 Å². The molecule has 2 N–H and O–H groups in total. The van der Waals surface area contributed by atoms with E-state index in [9.17, 15) is 4.79 Å². The van der Waals surface area contributed by atoms with Crippen molar-refractivity contribution in [3.63, 3.8) is 0 Å². The molecule has 0 saturated carbocycles. The molecule has 0 aromatic heterocycles. The fourth-order valence-electron chi connectivity index (χ4n) is 2.40. The van der Waals surface area contributed by atoms with Gasteiger partial charge in [0.25, 0.3) is 0 Å². The van der Waals surface area contributed by atoms with Crippen LogP contribution in [0.25, 0.3) is 0 Å². The van der Waals surface area contributed by atoms with Crippen molar-refractivity contribution in [2.45, 2.75) is 25.3 Å². The van der Waals surface area contributed by atoms with E-state index in [1.54, 1.807) is 0 Å². The first kappa shape index (κ1) is 12.9. The van der Waals surface area contributed by atoms with E-state index in [-0.39, 0.29) is 12.0 Å². The van der Waals surface area contributed by atoms with Crippen LogP contribution in [0.2, 0.25) is 0 Å². The first-order chi connectivity index (χ1) is 8.72. The Hall–Kier alpha value is -1.55. The highest BCUT2D eigenvalue weighted by atomic mass is 16.5. The molecule has 4 nitrogen and oxygen atoms in total. The molecule has 18 heavy (non-hydrogen) atoms. The van der Waals surface area contributed by atoms with E-state index in [4.69, 9.17) is 10.5 Å². The third kappa shape index (κ3) is 2.82. The lowest BCUT2D eigenvalue weighted by molar-refractivity contribution is 0.0601. The normalized spacial score (nSPS) is 20.3. The fourth-order valence-corrected chi connectivity index (χ4v) is 2.40. The molecule has 4 heteroatoms. The van der Waals surface area contributed by atoms with Crippen molar-refractivity contribution >= 4 is 11.7 Å². The number of anilines is 1. The number of para-hydroxylation sites is 1. The van der Waals surface area contributed by atoms with E-state index in [2.05, 4.69) is 4.90 Å². The van der Waals surface area contributed by atoms with Gasteiger partial charge < -0.3 is 15.4 Å². The van der Waals surface area contributed by atoms with Crippen LogP contribution < -0.4 is 10.6 Å². The van der Waals surface area contributed by atoms with E-state index in [0.29, 0.717) is 5.56 Å². The van der Waals surface area contributed by atoms with Gasteiger partial charge in [-0.2, -0.15) is 0 Å². The molecule has 1 saturated heterocycles. The van der Waals surface area contributed by atoms with Crippen LogP contribution in [-0.2, 0) is 4.74 Å². The van der Waals surface area contributed by atoms with Gasteiger partial charge in [-0.25, -0.2) is 4.79 Å². The molecule has 1 aliphatic heterocycles. The third-order valence-electron chi connectivity index (χ3n) is 3.42. The first-order valence-corrected chi connectivity index (χ1v) is 6.40. The SMILES string of the molecule is COC(=O)c1ccccc1N1CCCC(N)CC1. The molecule has 0 radical (unpaired) electrons. The molecule has 1 heterocycles. The van der Waals surface area contributed by atoms with Gasteiger partial charge in [0.1, 0.15) is 0 Å². The van der Waals surface area contributed by atoms with E-state index in [0.717, 1.165) is 38.0 Å². The minimum Gasteiger partial charge on any atom is -0.465 e. The number of rotatable bonds is 2. The molecule has 0 bridgehead atoms. The Kier molecular flexibility index (Phi) is 4.20. The van der Waals surface area contributed by atoms with Crippen molar-refractivity contribution in [3.05, 3.63) is 29.8 Å². The lowest BCUT2D eigenvalue weighted by Gasteiger charge is -2.24. The minimum absolute atomic E-state index is 0.278. The number of benzene rings is 1. The van der Waals surface area contributed by atoms with Gasteiger partial charge >= 0.3 is 5.97 Å². The van der Waals surface area contributed by atoms with Gasteiger partial charge in [0, 0.05) is 19.1 Å².